The minimum absolute atomic E-state index is 0.0217. The topological polar surface area (TPSA) is 73.2 Å². The van der Waals surface area contributed by atoms with Crippen LogP contribution in [0.2, 0.25) is 0 Å². The van der Waals surface area contributed by atoms with Crippen molar-refractivity contribution in [1.29, 1.82) is 5.26 Å². The van der Waals surface area contributed by atoms with Gasteiger partial charge >= 0.3 is 0 Å². The van der Waals surface area contributed by atoms with E-state index >= 15 is 0 Å². The fourth-order valence-electron chi connectivity index (χ4n) is 3.72. The molecular weight excluding hydrogens is 374 g/mol. The highest BCUT2D eigenvalue weighted by atomic mass is 16.1. The van der Waals surface area contributed by atoms with Gasteiger partial charge in [0.2, 0.25) is 12.3 Å². The summed E-state index contributed by atoms with van der Waals surface area (Å²) in [5.74, 6) is 0.0217. The number of carbonyl (C=O) groups excluding carboxylic acids is 2. The van der Waals surface area contributed by atoms with Crippen molar-refractivity contribution < 1.29 is 9.59 Å². The Kier molecular flexibility index (Phi) is 6.48. The summed E-state index contributed by atoms with van der Waals surface area (Å²) >= 11 is 0. The normalized spacial score (nSPS) is 13.0. The lowest BCUT2D eigenvalue weighted by Crippen LogP contribution is -2.21. The number of rotatable bonds is 6. The van der Waals surface area contributed by atoms with Gasteiger partial charge in [-0.15, -0.1) is 0 Å². The molecule has 1 aliphatic heterocycles. The number of hydrogen-bond donors (Lipinski definition) is 1. The van der Waals surface area contributed by atoms with Crippen molar-refractivity contribution in [2.45, 2.75) is 33.1 Å². The fraction of sp³-hybridized carbons (Fsp3) is 0.240. The van der Waals surface area contributed by atoms with E-state index in [0.717, 1.165) is 45.5 Å². The summed E-state index contributed by atoms with van der Waals surface area (Å²) in [6.07, 6.45) is 6.37. The zero-order valence-corrected chi connectivity index (χ0v) is 17.5. The van der Waals surface area contributed by atoms with Gasteiger partial charge in [0.15, 0.2) is 0 Å². The van der Waals surface area contributed by atoms with Gasteiger partial charge < -0.3 is 10.2 Å². The minimum Gasteiger partial charge on any atom is -0.326 e. The van der Waals surface area contributed by atoms with Crippen LogP contribution < -0.4 is 5.32 Å². The maximum Gasteiger partial charge on any atom is 0.224 e. The van der Waals surface area contributed by atoms with Crippen LogP contribution >= 0.6 is 0 Å². The third-order valence-corrected chi connectivity index (χ3v) is 5.01. The largest absolute Gasteiger partial charge is 0.326 e. The second-order valence-electron chi connectivity index (χ2n) is 7.73. The quantitative estimate of drug-likeness (QED) is 0.577. The lowest BCUT2D eigenvalue weighted by Gasteiger charge is -2.24. The molecule has 0 unspecified atom stereocenters. The van der Waals surface area contributed by atoms with Crippen molar-refractivity contribution in [3.05, 3.63) is 82.1 Å². The molecule has 0 aliphatic carbocycles. The Hall–Kier alpha value is -3.65. The SMILES string of the molecule is CC(C)=C/C(=C\N(C)C=O)c1ccc2c(c1Cc1cccc(C#N)c1)CCC(=O)N2. The van der Waals surface area contributed by atoms with Crippen LogP contribution in [-0.2, 0) is 22.4 Å². The molecule has 0 aromatic heterocycles. The number of hydrogen-bond acceptors (Lipinski definition) is 3. The zero-order chi connectivity index (χ0) is 21.7. The van der Waals surface area contributed by atoms with Crippen molar-refractivity contribution in [2.75, 3.05) is 12.4 Å². The third kappa shape index (κ3) is 4.84. The molecule has 0 spiro atoms. The van der Waals surface area contributed by atoms with E-state index in [1.165, 1.54) is 4.90 Å². The Labute approximate surface area is 177 Å². The van der Waals surface area contributed by atoms with Crippen LogP contribution in [0.3, 0.4) is 0 Å². The first-order valence-electron chi connectivity index (χ1n) is 9.89. The second kappa shape index (κ2) is 9.23. The summed E-state index contributed by atoms with van der Waals surface area (Å²) in [5, 5.41) is 12.2. The Morgan fingerprint density at radius 3 is 2.73 bits per heavy atom. The average molecular weight is 399 g/mol. The molecule has 5 nitrogen and oxygen atoms in total. The standard InChI is InChI=1S/C25H25N3O2/c1-17(2)11-20(15-28(3)16-29)21-7-9-24-22(8-10-25(30)27-24)23(21)13-18-5-4-6-19(12-18)14-26/h4-7,9,11-12,15-16H,8,10,13H2,1-3H3,(H,27,30)/b20-15+. The van der Waals surface area contributed by atoms with Gasteiger partial charge in [-0.1, -0.05) is 29.8 Å². The number of fused-ring (bicyclic) bond motifs is 1. The van der Waals surface area contributed by atoms with E-state index in [9.17, 15) is 14.9 Å². The minimum atomic E-state index is 0.0217. The molecule has 30 heavy (non-hydrogen) atoms. The summed E-state index contributed by atoms with van der Waals surface area (Å²) in [5.41, 5.74) is 7.75. The van der Waals surface area contributed by atoms with Crippen LogP contribution in [0.15, 0.2) is 54.2 Å². The Balaban J connectivity index is 2.20. The molecule has 0 saturated carbocycles. The smallest absolute Gasteiger partial charge is 0.224 e. The van der Waals surface area contributed by atoms with E-state index in [1.54, 1.807) is 13.1 Å². The molecular formula is C25H25N3O2. The van der Waals surface area contributed by atoms with Gasteiger partial charge in [0.05, 0.1) is 11.6 Å². The van der Waals surface area contributed by atoms with Gasteiger partial charge in [-0.3, -0.25) is 9.59 Å². The molecule has 3 rings (SSSR count). The average Bonchev–Trinajstić information content (AvgIpc) is 2.73. The van der Waals surface area contributed by atoms with E-state index < -0.39 is 0 Å². The van der Waals surface area contributed by atoms with E-state index in [-0.39, 0.29) is 5.91 Å². The van der Waals surface area contributed by atoms with Crippen LogP contribution in [0.5, 0.6) is 0 Å². The summed E-state index contributed by atoms with van der Waals surface area (Å²) in [4.78, 5) is 24.7. The van der Waals surface area contributed by atoms with Crippen molar-refractivity contribution in [3.63, 3.8) is 0 Å². The number of anilines is 1. The highest BCUT2D eigenvalue weighted by Gasteiger charge is 2.21. The first-order chi connectivity index (χ1) is 14.4. The Morgan fingerprint density at radius 2 is 2.03 bits per heavy atom. The molecule has 1 N–H and O–H groups in total. The van der Waals surface area contributed by atoms with Gasteiger partial charge in [-0.05, 0) is 72.7 Å². The first kappa shape index (κ1) is 21.1. The summed E-state index contributed by atoms with van der Waals surface area (Å²) in [6.45, 7) is 4.03. The molecule has 2 aromatic carbocycles. The van der Waals surface area contributed by atoms with Crippen LogP contribution in [0.25, 0.3) is 5.57 Å². The molecule has 0 saturated heterocycles. The molecule has 2 aromatic rings. The van der Waals surface area contributed by atoms with E-state index in [4.69, 9.17) is 0 Å². The number of nitriles is 1. The lowest BCUT2D eigenvalue weighted by molar-refractivity contribution is -0.116. The summed E-state index contributed by atoms with van der Waals surface area (Å²) < 4.78 is 0. The number of nitrogens with zero attached hydrogens (tertiary/aromatic N) is 2. The van der Waals surface area contributed by atoms with Crippen LogP contribution in [0.4, 0.5) is 5.69 Å². The van der Waals surface area contributed by atoms with Gasteiger partial charge in [0.1, 0.15) is 0 Å². The van der Waals surface area contributed by atoms with Crippen molar-refractivity contribution in [3.8, 4) is 6.07 Å². The van der Waals surface area contributed by atoms with Gasteiger partial charge in [-0.25, -0.2) is 0 Å². The fourth-order valence-corrected chi connectivity index (χ4v) is 3.72. The Morgan fingerprint density at radius 1 is 1.23 bits per heavy atom. The number of carbonyl (C=O) groups is 2. The molecule has 0 fully saturated rings. The van der Waals surface area contributed by atoms with E-state index in [0.29, 0.717) is 24.8 Å². The molecule has 0 bridgehead atoms. The molecule has 1 aliphatic rings. The molecule has 5 heteroatoms. The molecule has 152 valence electrons. The predicted octanol–water partition coefficient (Wildman–Crippen LogP) is 4.43. The van der Waals surface area contributed by atoms with Crippen LogP contribution in [0, 0.1) is 11.3 Å². The Bertz CT molecular complexity index is 1090. The van der Waals surface area contributed by atoms with Gasteiger partial charge in [0.25, 0.3) is 0 Å². The van der Waals surface area contributed by atoms with Crippen LogP contribution in [-0.4, -0.2) is 24.3 Å². The molecule has 2 amide bonds. The number of allylic oxidation sites excluding steroid dienone is 3. The van der Waals surface area contributed by atoms with Gasteiger partial charge in [0, 0.05) is 25.4 Å². The summed E-state index contributed by atoms with van der Waals surface area (Å²) in [6, 6.07) is 13.7. The van der Waals surface area contributed by atoms with E-state index in [2.05, 4.69) is 17.5 Å². The highest BCUT2D eigenvalue weighted by molar-refractivity contribution is 5.95. The lowest BCUT2D eigenvalue weighted by atomic mass is 9.86. The number of amides is 2. The highest BCUT2D eigenvalue weighted by Crippen LogP contribution is 2.34. The first-order valence-corrected chi connectivity index (χ1v) is 9.89. The monoisotopic (exact) mass is 399 g/mol. The van der Waals surface area contributed by atoms with Crippen LogP contribution in [0.1, 0.15) is 48.1 Å². The molecule has 0 atom stereocenters. The third-order valence-electron chi connectivity index (χ3n) is 5.01. The maximum atomic E-state index is 11.9. The van der Waals surface area contributed by atoms with Crippen molar-refractivity contribution >= 4 is 23.6 Å². The molecule has 1 heterocycles. The maximum absolute atomic E-state index is 11.9. The van der Waals surface area contributed by atoms with E-state index in [1.807, 2.05) is 50.4 Å². The molecule has 0 radical (unpaired) electrons. The second-order valence-corrected chi connectivity index (χ2v) is 7.73. The number of benzene rings is 2. The predicted molar refractivity (Wildman–Crippen MR) is 119 cm³/mol. The van der Waals surface area contributed by atoms with Gasteiger partial charge in [-0.2, -0.15) is 5.26 Å². The van der Waals surface area contributed by atoms with Crippen molar-refractivity contribution in [2.24, 2.45) is 0 Å². The summed E-state index contributed by atoms with van der Waals surface area (Å²) in [7, 11) is 1.71. The zero-order valence-electron chi connectivity index (χ0n) is 17.5. The van der Waals surface area contributed by atoms with Crippen molar-refractivity contribution in [1.82, 2.24) is 4.90 Å². The number of nitrogens with one attached hydrogen (secondary N) is 1.